The first-order chi connectivity index (χ1) is 24.0. The molecule has 7 aliphatic rings. The van der Waals surface area contributed by atoms with E-state index in [2.05, 4.69) is 51.3 Å². The van der Waals surface area contributed by atoms with E-state index in [0.29, 0.717) is 47.2 Å². The van der Waals surface area contributed by atoms with Gasteiger partial charge in [0.15, 0.2) is 6.29 Å². The summed E-state index contributed by atoms with van der Waals surface area (Å²) in [6.45, 7) is 27.4. The van der Waals surface area contributed by atoms with Gasteiger partial charge in [0, 0.05) is 44.8 Å². The Morgan fingerprint density at radius 3 is 2.31 bits per heavy atom. The molecule has 14 atom stereocenters. The van der Waals surface area contributed by atoms with E-state index < -0.39 is 5.60 Å². The summed E-state index contributed by atoms with van der Waals surface area (Å²) in [6, 6.07) is 0.539. The molecule has 2 N–H and O–H groups in total. The molecule has 2 saturated heterocycles. The van der Waals surface area contributed by atoms with Crippen molar-refractivity contribution in [2.24, 2.45) is 50.7 Å². The predicted octanol–water partition coefficient (Wildman–Crippen LogP) is 6.75. The molecule has 2 unspecified atom stereocenters. The molecule has 8 heteroatoms. The van der Waals surface area contributed by atoms with Crippen molar-refractivity contribution >= 4 is 0 Å². The third kappa shape index (κ3) is 6.05. The highest BCUT2D eigenvalue weighted by molar-refractivity contribution is 5.31. The molecule has 2 heterocycles. The van der Waals surface area contributed by atoms with Gasteiger partial charge >= 0.3 is 0 Å². The highest BCUT2D eigenvalue weighted by Crippen LogP contribution is 2.89. The quantitative estimate of drug-likeness (QED) is 0.217. The lowest BCUT2D eigenvalue weighted by molar-refractivity contribution is -0.251. The molecule has 2 spiro atoms. The zero-order valence-electron chi connectivity index (χ0n) is 34.2. The van der Waals surface area contributed by atoms with Gasteiger partial charge in [-0.1, -0.05) is 34.6 Å². The summed E-state index contributed by atoms with van der Waals surface area (Å²) >= 11 is 0. The Balaban J connectivity index is 1.04. The second-order valence-corrected chi connectivity index (χ2v) is 20.5. The molecule has 0 aromatic heterocycles. The predicted molar refractivity (Wildman–Crippen MR) is 201 cm³/mol. The average Bonchev–Trinajstić information content (AvgIpc) is 3.68. The fraction of sp³-hybridized carbons (Fsp3) is 1.00. The van der Waals surface area contributed by atoms with Gasteiger partial charge in [0.2, 0.25) is 0 Å². The lowest BCUT2D eigenvalue weighted by Crippen LogP contribution is -2.60. The number of methoxy groups -OCH3 is 1. The summed E-state index contributed by atoms with van der Waals surface area (Å²) in [5, 5.41) is 23.3. The van der Waals surface area contributed by atoms with Gasteiger partial charge in [-0.25, -0.2) is 0 Å². The third-order valence-corrected chi connectivity index (χ3v) is 17.6. The lowest BCUT2D eigenvalue weighted by atomic mass is 9.41. The first-order valence-corrected chi connectivity index (χ1v) is 21.3. The normalized spacial score (nSPS) is 46.1. The minimum atomic E-state index is -0.992. The Kier molecular flexibility index (Phi) is 10.5. The van der Waals surface area contributed by atoms with Crippen LogP contribution in [0.2, 0.25) is 0 Å². The van der Waals surface area contributed by atoms with Gasteiger partial charge in [-0.05, 0) is 150 Å². The maximum Gasteiger partial charge on any atom is 0.170 e. The van der Waals surface area contributed by atoms with E-state index >= 15 is 0 Å². The average molecular weight is 717 g/mol. The van der Waals surface area contributed by atoms with Crippen LogP contribution >= 0.6 is 0 Å². The summed E-state index contributed by atoms with van der Waals surface area (Å²) < 4.78 is 25.5. The number of rotatable bonds is 13. The number of hydrogen-bond donors (Lipinski definition) is 2. The van der Waals surface area contributed by atoms with Crippen LogP contribution in [-0.2, 0) is 18.9 Å². The number of morpholine rings is 1. The number of aliphatic hydroxyl groups excluding tert-OH is 1. The fourth-order valence-corrected chi connectivity index (χ4v) is 14.7. The summed E-state index contributed by atoms with van der Waals surface area (Å²) in [7, 11) is 1.76. The minimum Gasteiger partial charge on any atom is -0.393 e. The molecular weight excluding hydrogens is 640 g/mol. The monoisotopic (exact) mass is 717 g/mol. The molecule has 0 radical (unpaired) electrons. The van der Waals surface area contributed by atoms with Crippen LogP contribution in [0.15, 0.2) is 0 Å². The molecule has 2 aliphatic heterocycles. The van der Waals surface area contributed by atoms with E-state index in [1.165, 1.54) is 58.0 Å². The largest absolute Gasteiger partial charge is 0.393 e. The van der Waals surface area contributed by atoms with Gasteiger partial charge in [0.25, 0.3) is 0 Å². The van der Waals surface area contributed by atoms with Crippen LogP contribution in [0.5, 0.6) is 0 Å². The van der Waals surface area contributed by atoms with Gasteiger partial charge in [-0.2, -0.15) is 0 Å². The zero-order chi connectivity index (χ0) is 36.8. The Hall–Kier alpha value is -0.320. The maximum absolute atomic E-state index is 12.3. The number of likely N-dealkylation sites (tertiary alicyclic amines) is 1. The maximum atomic E-state index is 12.3. The molecule has 5 saturated carbocycles. The Bertz CT molecular complexity index is 1240. The van der Waals surface area contributed by atoms with Crippen LogP contribution in [-0.4, -0.2) is 115 Å². The van der Waals surface area contributed by atoms with Crippen molar-refractivity contribution in [1.82, 2.24) is 9.80 Å². The van der Waals surface area contributed by atoms with Gasteiger partial charge in [-0.3, -0.25) is 4.90 Å². The number of ether oxygens (including phenoxy) is 4. The van der Waals surface area contributed by atoms with Crippen molar-refractivity contribution in [2.45, 2.75) is 169 Å². The van der Waals surface area contributed by atoms with Crippen molar-refractivity contribution in [3.8, 4) is 0 Å². The molecule has 0 aromatic rings. The summed E-state index contributed by atoms with van der Waals surface area (Å²) in [5.41, 5.74) is -0.183. The SMILES string of the molecule is CCO[C@@H](C(C[C@@H](C)[C@H]1C[C@H](O)[C@@]2(C)C3CC[C@H]4C(C)(C)[C@@H](O[C@H]5CN([C@H](C)CN6CCC6)CCO5)CC[C@@]45C[C@@]35CC[C@]12C)OC)C(C)(C)O. The van der Waals surface area contributed by atoms with Crippen molar-refractivity contribution in [3.05, 3.63) is 0 Å². The zero-order valence-corrected chi connectivity index (χ0v) is 34.2. The molecule has 294 valence electrons. The van der Waals surface area contributed by atoms with E-state index in [1.54, 1.807) is 7.11 Å². The minimum absolute atomic E-state index is 0.0688. The van der Waals surface area contributed by atoms with Gasteiger partial charge in [-0.15, -0.1) is 0 Å². The molecular formula is C43H76N2O6. The smallest absolute Gasteiger partial charge is 0.170 e. The molecule has 7 rings (SSSR count). The molecule has 0 amide bonds. The first-order valence-electron chi connectivity index (χ1n) is 21.3. The summed E-state index contributed by atoms with van der Waals surface area (Å²) in [5.74, 6) is 1.98. The van der Waals surface area contributed by atoms with Crippen LogP contribution in [0.1, 0.15) is 127 Å². The van der Waals surface area contributed by atoms with Gasteiger partial charge in [0.1, 0.15) is 6.10 Å². The molecule has 5 aliphatic carbocycles. The van der Waals surface area contributed by atoms with E-state index in [1.807, 2.05) is 20.8 Å². The second-order valence-electron chi connectivity index (χ2n) is 20.5. The lowest BCUT2D eigenvalue weighted by Gasteiger charge is -2.64. The van der Waals surface area contributed by atoms with Crippen molar-refractivity contribution in [3.63, 3.8) is 0 Å². The van der Waals surface area contributed by atoms with Crippen LogP contribution in [0, 0.1) is 50.7 Å². The van der Waals surface area contributed by atoms with Crippen LogP contribution in [0.25, 0.3) is 0 Å². The van der Waals surface area contributed by atoms with Crippen molar-refractivity contribution in [2.75, 3.05) is 53.0 Å². The number of hydrogen-bond acceptors (Lipinski definition) is 8. The number of nitrogens with zero attached hydrogens (tertiary/aromatic N) is 2. The number of aliphatic hydroxyl groups is 2. The second kappa shape index (κ2) is 13.7. The Morgan fingerprint density at radius 1 is 0.961 bits per heavy atom. The van der Waals surface area contributed by atoms with Crippen LogP contribution in [0.4, 0.5) is 0 Å². The highest BCUT2D eigenvalue weighted by Gasteiger charge is 2.83. The fourth-order valence-electron chi connectivity index (χ4n) is 14.7. The first kappa shape index (κ1) is 38.9. The van der Waals surface area contributed by atoms with Gasteiger partial charge < -0.3 is 34.1 Å². The highest BCUT2D eigenvalue weighted by atomic mass is 16.7. The van der Waals surface area contributed by atoms with Crippen LogP contribution < -0.4 is 0 Å². The van der Waals surface area contributed by atoms with E-state index in [-0.39, 0.29) is 47.0 Å². The van der Waals surface area contributed by atoms with E-state index in [4.69, 9.17) is 18.9 Å². The van der Waals surface area contributed by atoms with Crippen molar-refractivity contribution < 1.29 is 29.2 Å². The van der Waals surface area contributed by atoms with Gasteiger partial charge in [0.05, 0.1) is 30.5 Å². The molecule has 8 nitrogen and oxygen atoms in total. The Morgan fingerprint density at radius 2 is 1.67 bits per heavy atom. The topological polar surface area (TPSA) is 83.9 Å². The summed E-state index contributed by atoms with van der Waals surface area (Å²) in [6.07, 6.45) is 11.0. The summed E-state index contributed by atoms with van der Waals surface area (Å²) in [4.78, 5) is 5.18. The number of fused-ring (bicyclic) bond motifs is 2. The Labute approximate surface area is 311 Å². The molecule has 51 heavy (non-hydrogen) atoms. The third-order valence-electron chi connectivity index (χ3n) is 17.6. The standard InChI is InChI=1S/C43H76N2O6/c1-11-49-37(39(6,7)47)31(48-10)23-28(2)30-24-34(46)41(9)33-14-13-32-38(4,5)35(15-16-42(32)27-43(33,42)18-17-40(30,41)8)51-36-26-45(21-22-50-36)29(3)25-44-19-12-20-44/h28-37,46-47H,11-27H2,1-10H3/t28-,29-,30-,31?,32+,33?,34+,35+,36+,37+,40-,41-,42-,43+/m1/s1. The van der Waals surface area contributed by atoms with Crippen LogP contribution in [0.3, 0.4) is 0 Å². The molecule has 0 bridgehead atoms. The molecule has 7 fully saturated rings. The van der Waals surface area contributed by atoms with Crippen molar-refractivity contribution in [1.29, 1.82) is 0 Å². The van der Waals surface area contributed by atoms with E-state index in [9.17, 15) is 10.2 Å². The molecule has 0 aromatic carbocycles. The van der Waals surface area contributed by atoms with E-state index in [0.717, 1.165) is 45.5 Å².